The van der Waals surface area contributed by atoms with Gasteiger partial charge in [0.25, 0.3) is 0 Å². The molecule has 2 heteroatoms. The fourth-order valence-corrected chi connectivity index (χ4v) is 2.26. The van der Waals surface area contributed by atoms with E-state index < -0.39 is 0 Å². The van der Waals surface area contributed by atoms with Crippen LogP contribution in [0.25, 0.3) is 0 Å². The molecule has 0 spiro atoms. The molecule has 1 aliphatic heterocycles. The zero-order valence-corrected chi connectivity index (χ0v) is 8.70. The van der Waals surface area contributed by atoms with Crippen molar-refractivity contribution in [1.29, 1.82) is 0 Å². The molecule has 1 aliphatic rings. The van der Waals surface area contributed by atoms with Crippen LogP contribution in [0, 0.1) is 0 Å². The Morgan fingerprint density at radius 2 is 2.13 bits per heavy atom. The molecule has 2 nitrogen and oxygen atoms in total. The van der Waals surface area contributed by atoms with Gasteiger partial charge in [0.05, 0.1) is 5.41 Å². The van der Waals surface area contributed by atoms with Gasteiger partial charge in [-0.2, -0.15) is 0 Å². The van der Waals surface area contributed by atoms with Crippen LogP contribution in [0.3, 0.4) is 0 Å². The maximum atomic E-state index is 11.9. The number of benzene rings is 1. The minimum Gasteiger partial charge on any atom is -0.355 e. The summed E-state index contributed by atoms with van der Waals surface area (Å²) in [7, 11) is 0. The predicted octanol–water partition coefficient (Wildman–Crippen LogP) is 2.02. The van der Waals surface area contributed by atoms with E-state index in [9.17, 15) is 4.79 Å². The van der Waals surface area contributed by atoms with Crippen LogP contribution < -0.4 is 5.32 Å². The second-order valence-electron chi connectivity index (χ2n) is 3.95. The fourth-order valence-electron chi connectivity index (χ4n) is 2.26. The highest BCUT2D eigenvalue weighted by atomic mass is 16.2. The van der Waals surface area contributed by atoms with E-state index in [0.717, 1.165) is 18.5 Å². The first-order valence-electron chi connectivity index (χ1n) is 5.24. The molecule has 1 atom stereocenters. The monoisotopic (exact) mass is 201 g/mol. The van der Waals surface area contributed by atoms with Gasteiger partial charge in [0, 0.05) is 6.54 Å². The largest absolute Gasteiger partial charge is 0.355 e. The Balaban J connectivity index is 2.43. The first-order valence-corrected chi connectivity index (χ1v) is 5.24. The molecule has 0 aliphatic carbocycles. The van der Waals surface area contributed by atoms with Gasteiger partial charge in [0.2, 0.25) is 5.91 Å². The van der Waals surface area contributed by atoms with Gasteiger partial charge in [-0.15, -0.1) is 6.58 Å². The molecule has 1 saturated heterocycles. The zero-order valence-electron chi connectivity index (χ0n) is 8.70. The van der Waals surface area contributed by atoms with Crippen LogP contribution >= 0.6 is 0 Å². The highest BCUT2D eigenvalue weighted by molar-refractivity contribution is 5.90. The summed E-state index contributed by atoms with van der Waals surface area (Å²) >= 11 is 0. The molecule has 1 aromatic rings. The molecule has 1 N–H and O–H groups in total. The SMILES string of the molecule is C=CCC1(c2ccccc2)CCNC1=O. The van der Waals surface area contributed by atoms with Gasteiger partial charge in [0.15, 0.2) is 0 Å². The van der Waals surface area contributed by atoms with Crippen molar-refractivity contribution in [2.75, 3.05) is 6.54 Å². The van der Waals surface area contributed by atoms with Crippen LogP contribution in [-0.4, -0.2) is 12.5 Å². The first kappa shape index (κ1) is 9.97. The van der Waals surface area contributed by atoms with Crippen molar-refractivity contribution in [2.45, 2.75) is 18.3 Å². The summed E-state index contributed by atoms with van der Waals surface area (Å²) in [5.74, 6) is 0.133. The van der Waals surface area contributed by atoms with E-state index in [2.05, 4.69) is 11.9 Å². The Morgan fingerprint density at radius 3 is 2.67 bits per heavy atom. The van der Waals surface area contributed by atoms with E-state index in [1.165, 1.54) is 0 Å². The Bertz CT molecular complexity index is 371. The summed E-state index contributed by atoms with van der Waals surface area (Å²) < 4.78 is 0. The average Bonchev–Trinajstić information content (AvgIpc) is 2.63. The molecule has 1 fully saturated rings. The van der Waals surface area contributed by atoms with Gasteiger partial charge < -0.3 is 5.32 Å². The summed E-state index contributed by atoms with van der Waals surface area (Å²) in [4.78, 5) is 11.9. The minimum atomic E-state index is -0.372. The summed E-state index contributed by atoms with van der Waals surface area (Å²) in [6.45, 7) is 4.51. The zero-order chi connectivity index (χ0) is 10.7. The van der Waals surface area contributed by atoms with Crippen LogP contribution in [0.4, 0.5) is 0 Å². The number of rotatable bonds is 3. The van der Waals surface area contributed by atoms with Crippen molar-refractivity contribution in [3.63, 3.8) is 0 Å². The lowest BCUT2D eigenvalue weighted by molar-refractivity contribution is -0.123. The van der Waals surface area contributed by atoms with Crippen LogP contribution in [0.5, 0.6) is 0 Å². The van der Waals surface area contributed by atoms with E-state index in [-0.39, 0.29) is 11.3 Å². The predicted molar refractivity (Wildman–Crippen MR) is 60.6 cm³/mol. The summed E-state index contributed by atoms with van der Waals surface area (Å²) in [6, 6.07) is 9.97. The molecule has 78 valence electrons. The van der Waals surface area contributed by atoms with Crippen molar-refractivity contribution < 1.29 is 4.79 Å². The average molecular weight is 201 g/mol. The smallest absolute Gasteiger partial charge is 0.231 e. The lowest BCUT2D eigenvalue weighted by Crippen LogP contribution is -2.34. The molecule has 15 heavy (non-hydrogen) atoms. The second-order valence-corrected chi connectivity index (χ2v) is 3.95. The summed E-state index contributed by atoms with van der Waals surface area (Å²) in [5, 5.41) is 2.91. The van der Waals surface area contributed by atoms with Crippen molar-refractivity contribution in [3.8, 4) is 0 Å². The van der Waals surface area contributed by atoms with Gasteiger partial charge in [-0.05, 0) is 18.4 Å². The van der Waals surface area contributed by atoms with E-state index >= 15 is 0 Å². The molecule has 1 amide bonds. The highest BCUT2D eigenvalue weighted by Crippen LogP contribution is 2.35. The van der Waals surface area contributed by atoms with Crippen LogP contribution in [0.15, 0.2) is 43.0 Å². The third-order valence-electron chi connectivity index (χ3n) is 3.09. The van der Waals surface area contributed by atoms with Crippen LogP contribution in [-0.2, 0) is 10.2 Å². The van der Waals surface area contributed by atoms with E-state index in [1.807, 2.05) is 36.4 Å². The summed E-state index contributed by atoms with van der Waals surface area (Å²) in [6.07, 6.45) is 3.41. The molecular weight excluding hydrogens is 186 g/mol. The van der Waals surface area contributed by atoms with Gasteiger partial charge in [-0.1, -0.05) is 36.4 Å². The van der Waals surface area contributed by atoms with Crippen molar-refractivity contribution >= 4 is 5.91 Å². The number of allylic oxidation sites excluding steroid dienone is 1. The maximum absolute atomic E-state index is 11.9. The molecule has 2 rings (SSSR count). The fraction of sp³-hybridized carbons (Fsp3) is 0.308. The van der Waals surface area contributed by atoms with E-state index in [4.69, 9.17) is 0 Å². The molecule has 0 aromatic heterocycles. The van der Waals surface area contributed by atoms with Crippen LogP contribution in [0.1, 0.15) is 18.4 Å². The Hall–Kier alpha value is -1.57. The molecule has 0 radical (unpaired) electrons. The van der Waals surface area contributed by atoms with Gasteiger partial charge in [0.1, 0.15) is 0 Å². The maximum Gasteiger partial charge on any atom is 0.231 e. The first-order chi connectivity index (χ1) is 7.29. The topological polar surface area (TPSA) is 29.1 Å². The van der Waals surface area contributed by atoms with E-state index in [0.29, 0.717) is 6.42 Å². The number of carbonyl (C=O) groups is 1. The highest BCUT2D eigenvalue weighted by Gasteiger charge is 2.42. The Labute approximate surface area is 90.0 Å². The van der Waals surface area contributed by atoms with Gasteiger partial charge in [-0.3, -0.25) is 4.79 Å². The molecule has 1 heterocycles. The van der Waals surface area contributed by atoms with E-state index in [1.54, 1.807) is 0 Å². The van der Waals surface area contributed by atoms with Gasteiger partial charge >= 0.3 is 0 Å². The molecular formula is C13H15NO. The second kappa shape index (κ2) is 3.89. The molecule has 1 unspecified atom stereocenters. The van der Waals surface area contributed by atoms with Crippen molar-refractivity contribution in [2.24, 2.45) is 0 Å². The lowest BCUT2D eigenvalue weighted by atomic mass is 9.76. The Morgan fingerprint density at radius 1 is 1.40 bits per heavy atom. The normalized spacial score (nSPS) is 24.9. The number of hydrogen-bond donors (Lipinski definition) is 1. The van der Waals surface area contributed by atoms with Crippen LogP contribution in [0.2, 0.25) is 0 Å². The minimum absolute atomic E-state index is 0.133. The number of amides is 1. The summed E-state index contributed by atoms with van der Waals surface area (Å²) in [5.41, 5.74) is 0.725. The third-order valence-corrected chi connectivity index (χ3v) is 3.09. The quantitative estimate of drug-likeness (QED) is 0.745. The number of nitrogens with one attached hydrogen (secondary N) is 1. The standard InChI is InChI=1S/C13H15NO/c1-2-8-13(9-10-14-12(13)15)11-6-4-3-5-7-11/h2-7H,1,8-10H2,(H,14,15). The molecule has 0 saturated carbocycles. The van der Waals surface area contributed by atoms with Crippen molar-refractivity contribution in [1.82, 2.24) is 5.32 Å². The van der Waals surface area contributed by atoms with Gasteiger partial charge in [-0.25, -0.2) is 0 Å². The Kier molecular flexibility index (Phi) is 2.58. The third kappa shape index (κ3) is 1.56. The molecule has 0 bridgehead atoms. The lowest BCUT2D eigenvalue weighted by Gasteiger charge is -2.25. The number of hydrogen-bond acceptors (Lipinski definition) is 1. The molecule has 1 aromatic carbocycles. The van der Waals surface area contributed by atoms with Crippen molar-refractivity contribution in [3.05, 3.63) is 48.6 Å². The number of carbonyl (C=O) groups excluding carboxylic acids is 1.